The molecule has 2 rings (SSSR count). The van der Waals surface area contributed by atoms with Gasteiger partial charge in [0.25, 0.3) is 10.1 Å². The zero-order valence-electron chi connectivity index (χ0n) is 9.59. The molecule has 0 amide bonds. The fraction of sp³-hybridized carbons (Fsp3) is 0.500. The van der Waals surface area contributed by atoms with Crippen molar-refractivity contribution in [2.75, 3.05) is 5.73 Å². The SMILES string of the molecule is Nc1ccc(C2CCCCC2)cc1S(=O)(=O)O. The molecule has 5 heteroatoms. The van der Waals surface area contributed by atoms with Gasteiger partial charge in [-0.2, -0.15) is 8.42 Å². The zero-order chi connectivity index (χ0) is 12.5. The molecule has 4 nitrogen and oxygen atoms in total. The van der Waals surface area contributed by atoms with E-state index in [1.54, 1.807) is 6.07 Å². The fourth-order valence-electron chi connectivity index (χ4n) is 2.46. The minimum atomic E-state index is -4.22. The van der Waals surface area contributed by atoms with E-state index in [0.29, 0.717) is 5.92 Å². The molecule has 94 valence electrons. The number of nitrogen functional groups attached to an aromatic ring is 1. The highest BCUT2D eigenvalue weighted by atomic mass is 32.2. The largest absolute Gasteiger partial charge is 0.398 e. The van der Waals surface area contributed by atoms with Crippen LogP contribution in [0.4, 0.5) is 5.69 Å². The molecule has 0 heterocycles. The number of nitrogens with two attached hydrogens (primary N) is 1. The second-order valence-corrected chi connectivity index (χ2v) is 6.00. The monoisotopic (exact) mass is 255 g/mol. The number of rotatable bonds is 2. The molecule has 1 saturated carbocycles. The quantitative estimate of drug-likeness (QED) is 0.628. The second kappa shape index (κ2) is 4.66. The normalized spacial score (nSPS) is 18.2. The lowest BCUT2D eigenvalue weighted by atomic mass is 9.84. The molecular formula is C12H17NO3S. The van der Waals surface area contributed by atoms with Gasteiger partial charge < -0.3 is 5.73 Å². The molecule has 0 bridgehead atoms. The van der Waals surface area contributed by atoms with Crippen LogP contribution in [0.25, 0.3) is 0 Å². The molecule has 17 heavy (non-hydrogen) atoms. The lowest BCUT2D eigenvalue weighted by Gasteiger charge is -2.22. The lowest BCUT2D eigenvalue weighted by Crippen LogP contribution is -2.08. The molecule has 1 fully saturated rings. The first kappa shape index (κ1) is 12.4. The van der Waals surface area contributed by atoms with Crippen LogP contribution >= 0.6 is 0 Å². The predicted octanol–water partition coefficient (Wildman–Crippen LogP) is 2.56. The Hall–Kier alpha value is -1.07. The summed E-state index contributed by atoms with van der Waals surface area (Å²) in [4.78, 5) is -0.166. The third-order valence-corrected chi connectivity index (χ3v) is 4.30. The number of hydrogen-bond acceptors (Lipinski definition) is 3. The summed E-state index contributed by atoms with van der Waals surface area (Å²) in [6, 6.07) is 4.94. The molecule has 1 aromatic carbocycles. The maximum Gasteiger partial charge on any atom is 0.296 e. The van der Waals surface area contributed by atoms with Gasteiger partial charge in [-0.05, 0) is 36.5 Å². The number of hydrogen-bond donors (Lipinski definition) is 2. The van der Waals surface area contributed by atoms with Crippen molar-refractivity contribution in [2.24, 2.45) is 0 Å². The molecule has 0 radical (unpaired) electrons. The minimum Gasteiger partial charge on any atom is -0.398 e. The first-order valence-electron chi connectivity index (χ1n) is 5.85. The van der Waals surface area contributed by atoms with Gasteiger partial charge in [-0.3, -0.25) is 4.55 Å². The van der Waals surface area contributed by atoms with E-state index in [0.717, 1.165) is 18.4 Å². The van der Waals surface area contributed by atoms with Crippen LogP contribution in [0.5, 0.6) is 0 Å². The van der Waals surface area contributed by atoms with Crippen molar-refractivity contribution < 1.29 is 13.0 Å². The Morgan fingerprint density at radius 2 is 1.82 bits per heavy atom. The fourth-order valence-corrected chi connectivity index (χ4v) is 3.12. The summed E-state index contributed by atoms with van der Waals surface area (Å²) < 4.78 is 31.4. The molecule has 0 aliphatic heterocycles. The van der Waals surface area contributed by atoms with Crippen molar-refractivity contribution >= 4 is 15.8 Å². The highest BCUT2D eigenvalue weighted by Gasteiger charge is 2.20. The molecule has 1 aromatic rings. The van der Waals surface area contributed by atoms with E-state index < -0.39 is 10.1 Å². The van der Waals surface area contributed by atoms with Gasteiger partial charge in [-0.25, -0.2) is 0 Å². The molecule has 3 N–H and O–H groups in total. The summed E-state index contributed by atoms with van der Waals surface area (Å²) in [7, 11) is -4.22. The van der Waals surface area contributed by atoms with Gasteiger partial charge in [-0.15, -0.1) is 0 Å². The van der Waals surface area contributed by atoms with E-state index in [2.05, 4.69) is 0 Å². The van der Waals surface area contributed by atoms with E-state index in [9.17, 15) is 8.42 Å². The Kier molecular flexibility index (Phi) is 3.40. The molecule has 1 aliphatic carbocycles. The molecule has 0 aromatic heterocycles. The molecular weight excluding hydrogens is 238 g/mol. The van der Waals surface area contributed by atoms with Crippen LogP contribution in [-0.2, 0) is 10.1 Å². The molecule has 0 spiro atoms. The van der Waals surface area contributed by atoms with Crippen LogP contribution in [-0.4, -0.2) is 13.0 Å². The van der Waals surface area contributed by atoms with E-state index in [1.807, 2.05) is 6.07 Å². The van der Waals surface area contributed by atoms with E-state index in [-0.39, 0.29) is 10.6 Å². The Morgan fingerprint density at radius 3 is 2.41 bits per heavy atom. The summed E-state index contributed by atoms with van der Waals surface area (Å²) in [6.45, 7) is 0. The van der Waals surface area contributed by atoms with Gasteiger partial charge in [0.1, 0.15) is 4.90 Å². The molecule has 1 aliphatic rings. The van der Waals surface area contributed by atoms with Crippen molar-refractivity contribution in [2.45, 2.75) is 42.9 Å². The van der Waals surface area contributed by atoms with Crippen LogP contribution in [0.3, 0.4) is 0 Å². The highest BCUT2D eigenvalue weighted by molar-refractivity contribution is 7.86. The van der Waals surface area contributed by atoms with E-state index in [4.69, 9.17) is 10.3 Å². The zero-order valence-corrected chi connectivity index (χ0v) is 10.4. The van der Waals surface area contributed by atoms with Crippen LogP contribution in [0.1, 0.15) is 43.6 Å². The third kappa shape index (κ3) is 2.79. The van der Waals surface area contributed by atoms with E-state index in [1.165, 1.54) is 25.3 Å². The standard InChI is InChI=1S/C12H17NO3S/c13-11-7-6-10(8-12(11)17(14,15)16)9-4-2-1-3-5-9/h6-9H,1-5,13H2,(H,14,15,16). The van der Waals surface area contributed by atoms with Gasteiger partial charge in [0, 0.05) is 0 Å². The summed E-state index contributed by atoms with van der Waals surface area (Å²) in [5.74, 6) is 0.393. The average molecular weight is 255 g/mol. The topological polar surface area (TPSA) is 80.4 Å². The maximum atomic E-state index is 11.2. The van der Waals surface area contributed by atoms with E-state index >= 15 is 0 Å². The van der Waals surface area contributed by atoms with Crippen LogP contribution < -0.4 is 5.73 Å². The Bertz CT molecular complexity index is 504. The smallest absolute Gasteiger partial charge is 0.296 e. The summed E-state index contributed by atoms with van der Waals surface area (Å²) in [5.41, 5.74) is 6.63. The van der Waals surface area contributed by atoms with Crippen LogP contribution in [0.15, 0.2) is 23.1 Å². The first-order chi connectivity index (χ1) is 7.98. The van der Waals surface area contributed by atoms with Crippen LogP contribution in [0, 0.1) is 0 Å². The van der Waals surface area contributed by atoms with Gasteiger partial charge >= 0.3 is 0 Å². The van der Waals surface area contributed by atoms with Crippen molar-refractivity contribution in [1.82, 2.24) is 0 Å². The number of anilines is 1. The lowest BCUT2D eigenvalue weighted by molar-refractivity contribution is 0.442. The number of benzene rings is 1. The Morgan fingerprint density at radius 1 is 1.18 bits per heavy atom. The van der Waals surface area contributed by atoms with Gasteiger partial charge in [-0.1, -0.05) is 25.3 Å². The van der Waals surface area contributed by atoms with Crippen LogP contribution in [0.2, 0.25) is 0 Å². The summed E-state index contributed by atoms with van der Waals surface area (Å²) in [5, 5.41) is 0. The van der Waals surface area contributed by atoms with Gasteiger partial charge in [0.15, 0.2) is 0 Å². The van der Waals surface area contributed by atoms with Crippen molar-refractivity contribution in [3.8, 4) is 0 Å². The van der Waals surface area contributed by atoms with Gasteiger partial charge in [0.05, 0.1) is 5.69 Å². The Labute approximate surface area is 102 Å². The molecule has 0 saturated heterocycles. The van der Waals surface area contributed by atoms with Crippen molar-refractivity contribution in [3.63, 3.8) is 0 Å². The molecule has 0 atom stereocenters. The Balaban J connectivity index is 2.37. The second-order valence-electron chi connectivity index (χ2n) is 4.61. The maximum absolute atomic E-state index is 11.2. The summed E-state index contributed by atoms with van der Waals surface area (Å²) >= 11 is 0. The highest BCUT2D eigenvalue weighted by Crippen LogP contribution is 2.34. The average Bonchev–Trinajstić information content (AvgIpc) is 2.29. The summed E-state index contributed by atoms with van der Waals surface area (Å²) in [6.07, 6.45) is 5.76. The predicted molar refractivity (Wildman–Crippen MR) is 66.5 cm³/mol. The minimum absolute atomic E-state index is 0.104. The van der Waals surface area contributed by atoms with Gasteiger partial charge in [0.2, 0.25) is 0 Å². The van der Waals surface area contributed by atoms with Crippen molar-refractivity contribution in [1.29, 1.82) is 0 Å². The first-order valence-corrected chi connectivity index (χ1v) is 7.29. The third-order valence-electron chi connectivity index (χ3n) is 3.39. The molecule has 0 unspecified atom stereocenters. The van der Waals surface area contributed by atoms with Crippen molar-refractivity contribution in [3.05, 3.63) is 23.8 Å².